The number of aryl methyl sites for hydroxylation is 2. The second-order valence-electron chi connectivity index (χ2n) is 7.50. The zero-order chi connectivity index (χ0) is 17.6. The number of likely N-dealkylation sites (tertiary alicyclic amines) is 1. The summed E-state index contributed by atoms with van der Waals surface area (Å²) in [6.45, 7) is 3.43. The summed E-state index contributed by atoms with van der Waals surface area (Å²) in [5.74, 6) is 1.13. The Balaban J connectivity index is 1.57. The third-order valence-corrected chi connectivity index (χ3v) is 5.66. The van der Waals surface area contributed by atoms with Gasteiger partial charge in [0.2, 0.25) is 5.91 Å². The molecule has 5 heteroatoms. The van der Waals surface area contributed by atoms with Crippen LogP contribution in [0.1, 0.15) is 48.7 Å². The van der Waals surface area contributed by atoms with Crippen LogP contribution in [0.5, 0.6) is 0 Å². The summed E-state index contributed by atoms with van der Waals surface area (Å²) in [7, 11) is 2.01. The number of benzene rings is 1. The number of hydrogen-bond donors (Lipinski definition) is 0. The number of imidazole rings is 1. The van der Waals surface area contributed by atoms with Crippen molar-refractivity contribution >= 4 is 5.91 Å². The van der Waals surface area contributed by atoms with Crippen molar-refractivity contribution in [2.24, 2.45) is 7.05 Å². The van der Waals surface area contributed by atoms with Gasteiger partial charge in [-0.25, -0.2) is 9.37 Å². The molecule has 2 heterocycles. The predicted octanol–water partition coefficient (Wildman–Crippen LogP) is 3.31. The van der Waals surface area contributed by atoms with Gasteiger partial charge in [-0.2, -0.15) is 0 Å². The molecule has 4 rings (SSSR count). The summed E-state index contributed by atoms with van der Waals surface area (Å²) in [5, 5.41) is 0. The van der Waals surface area contributed by atoms with Crippen molar-refractivity contribution in [1.29, 1.82) is 0 Å². The monoisotopic (exact) mass is 341 g/mol. The van der Waals surface area contributed by atoms with Gasteiger partial charge in [0.25, 0.3) is 0 Å². The molecule has 1 aromatic heterocycles. The number of carbonyl (C=O) groups excluding carboxylic acids is 1. The molecule has 2 fully saturated rings. The lowest BCUT2D eigenvalue weighted by Gasteiger charge is -2.35. The van der Waals surface area contributed by atoms with E-state index in [0.29, 0.717) is 12.1 Å². The van der Waals surface area contributed by atoms with Crippen molar-refractivity contribution in [1.82, 2.24) is 14.5 Å². The lowest BCUT2D eigenvalue weighted by molar-refractivity contribution is -0.135. The SMILES string of the molecule is Cc1cn(C)c([C@H]2CCCN(C(=O)C3(c4ccccc4F)CC3)C2)n1. The predicted molar refractivity (Wildman–Crippen MR) is 93.8 cm³/mol. The van der Waals surface area contributed by atoms with E-state index in [2.05, 4.69) is 9.55 Å². The fourth-order valence-electron chi connectivity index (χ4n) is 4.26. The standard InChI is InChI=1S/C20H24FN3O/c1-14-12-23(2)18(22-14)15-6-5-11-24(13-15)19(25)20(9-10-20)16-7-3-4-8-17(16)21/h3-4,7-8,12,15H,5-6,9-11,13H2,1-2H3/t15-/m0/s1. The normalized spacial score (nSPS) is 22.0. The Labute approximate surface area is 147 Å². The van der Waals surface area contributed by atoms with Gasteiger partial charge < -0.3 is 9.47 Å². The first kappa shape index (κ1) is 16.3. The van der Waals surface area contributed by atoms with Crippen molar-refractivity contribution < 1.29 is 9.18 Å². The highest BCUT2D eigenvalue weighted by atomic mass is 19.1. The van der Waals surface area contributed by atoms with Crippen LogP contribution in [0.4, 0.5) is 4.39 Å². The van der Waals surface area contributed by atoms with Crippen molar-refractivity contribution in [3.8, 4) is 0 Å². The molecule has 1 aliphatic heterocycles. The number of amides is 1. The molecule has 2 aromatic rings. The van der Waals surface area contributed by atoms with Crippen LogP contribution >= 0.6 is 0 Å². The van der Waals surface area contributed by atoms with E-state index in [1.807, 2.05) is 31.1 Å². The molecule has 1 saturated carbocycles. The van der Waals surface area contributed by atoms with Gasteiger partial charge in [0.05, 0.1) is 11.1 Å². The number of aromatic nitrogens is 2. The van der Waals surface area contributed by atoms with Gasteiger partial charge in [-0.1, -0.05) is 18.2 Å². The molecular weight excluding hydrogens is 317 g/mol. The van der Waals surface area contributed by atoms with Crippen LogP contribution in [0.3, 0.4) is 0 Å². The van der Waals surface area contributed by atoms with Gasteiger partial charge in [-0.3, -0.25) is 4.79 Å². The van der Waals surface area contributed by atoms with E-state index in [9.17, 15) is 9.18 Å². The van der Waals surface area contributed by atoms with Gasteiger partial charge in [0.1, 0.15) is 11.6 Å². The van der Waals surface area contributed by atoms with Gasteiger partial charge in [-0.05, 0) is 38.7 Å². The molecule has 2 aliphatic rings. The zero-order valence-electron chi connectivity index (χ0n) is 14.8. The van der Waals surface area contributed by atoms with E-state index >= 15 is 0 Å². The summed E-state index contributed by atoms with van der Waals surface area (Å²) in [4.78, 5) is 19.8. The Morgan fingerprint density at radius 2 is 2.08 bits per heavy atom. The molecule has 1 aliphatic carbocycles. The van der Waals surface area contributed by atoms with Crippen LogP contribution in [0, 0.1) is 12.7 Å². The van der Waals surface area contributed by atoms with E-state index in [4.69, 9.17) is 0 Å². The largest absolute Gasteiger partial charge is 0.341 e. The lowest BCUT2D eigenvalue weighted by atomic mass is 9.90. The van der Waals surface area contributed by atoms with Crippen LogP contribution in [0.2, 0.25) is 0 Å². The number of nitrogens with zero attached hydrogens (tertiary/aromatic N) is 3. The highest BCUT2D eigenvalue weighted by Crippen LogP contribution is 2.51. The molecule has 1 atom stereocenters. The molecular formula is C20H24FN3O. The fraction of sp³-hybridized carbons (Fsp3) is 0.500. The average molecular weight is 341 g/mol. The van der Waals surface area contributed by atoms with Gasteiger partial charge in [-0.15, -0.1) is 0 Å². The lowest BCUT2D eigenvalue weighted by Crippen LogP contribution is -2.45. The summed E-state index contributed by atoms with van der Waals surface area (Å²) < 4.78 is 16.3. The molecule has 4 nitrogen and oxygen atoms in total. The van der Waals surface area contributed by atoms with Crippen molar-refractivity contribution in [3.63, 3.8) is 0 Å². The summed E-state index contributed by atoms with van der Waals surface area (Å²) in [6, 6.07) is 6.73. The van der Waals surface area contributed by atoms with E-state index < -0.39 is 5.41 Å². The van der Waals surface area contributed by atoms with Crippen molar-refractivity contribution in [3.05, 3.63) is 53.4 Å². The minimum Gasteiger partial charge on any atom is -0.341 e. The van der Waals surface area contributed by atoms with E-state index in [1.54, 1.807) is 12.1 Å². The molecule has 0 N–H and O–H groups in total. The minimum atomic E-state index is -0.634. The Kier molecular flexibility index (Phi) is 3.89. The summed E-state index contributed by atoms with van der Waals surface area (Å²) in [6.07, 6.45) is 5.53. The molecule has 0 unspecified atom stereocenters. The van der Waals surface area contributed by atoms with E-state index in [1.165, 1.54) is 6.07 Å². The number of piperidine rings is 1. The average Bonchev–Trinajstić information content (AvgIpc) is 3.34. The molecule has 25 heavy (non-hydrogen) atoms. The Hall–Kier alpha value is -2.17. The first-order valence-corrected chi connectivity index (χ1v) is 9.05. The number of hydrogen-bond acceptors (Lipinski definition) is 2. The molecule has 1 saturated heterocycles. The molecule has 0 spiro atoms. The summed E-state index contributed by atoms with van der Waals surface area (Å²) >= 11 is 0. The fourth-order valence-corrected chi connectivity index (χ4v) is 4.26. The maximum absolute atomic E-state index is 14.3. The second kappa shape index (κ2) is 5.97. The first-order valence-electron chi connectivity index (χ1n) is 9.05. The minimum absolute atomic E-state index is 0.0910. The number of halogens is 1. The van der Waals surface area contributed by atoms with Crippen LogP contribution in [0.15, 0.2) is 30.5 Å². The molecule has 132 valence electrons. The molecule has 0 bridgehead atoms. The highest BCUT2D eigenvalue weighted by molar-refractivity contribution is 5.91. The molecule has 1 aromatic carbocycles. The van der Waals surface area contributed by atoms with Crippen molar-refractivity contribution in [2.45, 2.75) is 43.9 Å². The van der Waals surface area contributed by atoms with E-state index in [0.717, 1.165) is 43.7 Å². The van der Waals surface area contributed by atoms with Gasteiger partial charge in [0.15, 0.2) is 0 Å². The van der Waals surface area contributed by atoms with Gasteiger partial charge in [0, 0.05) is 37.8 Å². The van der Waals surface area contributed by atoms with Crippen molar-refractivity contribution in [2.75, 3.05) is 13.1 Å². The number of rotatable bonds is 3. The maximum Gasteiger partial charge on any atom is 0.233 e. The Morgan fingerprint density at radius 1 is 1.32 bits per heavy atom. The van der Waals surface area contributed by atoms with Crippen LogP contribution in [-0.4, -0.2) is 33.4 Å². The topological polar surface area (TPSA) is 38.1 Å². The summed E-state index contributed by atoms with van der Waals surface area (Å²) in [5.41, 5.74) is 0.936. The Morgan fingerprint density at radius 3 is 2.72 bits per heavy atom. The van der Waals surface area contributed by atoms with Crippen LogP contribution < -0.4 is 0 Å². The third-order valence-electron chi connectivity index (χ3n) is 5.66. The molecule has 1 amide bonds. The Bertz CT molecular complexity index is 809. The molecule has 0 radical (unpaired) electrons. The first-order chi connectivity index (χ1) is 12.0. The van der Waals surface area contributed by atoms with Crippen LogP contribution in [-0.2, 0) is 17.3 Å². The number of carbonyl (C=O) groups is 1. The quantitative estimate of drug-likeness (QED) is 0.859. The zero-order valence-corrected chi connectivity index (χ0v) is 14.8. The maximum atomic E-state index is 14.3. The third kappa shape index (κ3) is 2.75. The van der Waals surface area contributed by atoms with Crippen LogP contribution in [0.25, 0.3) is 0 Å². The second-order valence-corrected chi connectivity index (χ2v) is 7.50. The van der Waals surface area contributed by atoms with E-state index in [-0.39, 0.29) is 17.6 Å². The highest BCUT2D eigenvalue weighted by Gasteiger charge is 2.54. The van der Waals surface area contributed by atoms with Gasteiger partial charge >= 0.3 is 0 Å². The smallest absolute Gasteiger partial charge is 0.233 e.